The van der Waals surface area contributed by atoms with E-state index in [9.17, 15) is 69.9 Å². The molecule has 6 aromatic carbocycles. The third-order valence-corrected chi connectivity index (χ3v) is 22.2. The van der Waals surface area contributed by atoms with Crippen LogP contribution in [0.2, 0.25) is 20.1 Å². The summed E-state index contributed by atoms with van der Waals surface area (Å²) >= 11 is 26.7. The Morgan fingerprint density at radius 3 is 1.99 bits per heavy atom. The number of nitrogens with zero attached hydrogens (tertiary/aromatic N) is 2. The highest BCUT2D eigenvalue weighted by Crippen LogP contribution is 2.50. The number of nitrogens with two attached hydrogens (primary N) is 1. The molecule has 0 aliphatic carbocycles. The molecule has 44 heteroatoms. The van der Waals surface area contributed by atoms with E-state index in [0.29, 0.717) is 11.3 Å². The Balaban J connectivity index is 1.03. The highest BCUT2D eigenvalue weighted by Gasteiger charge is 2.52. The van der Waals surface area contributed by atoms with Crippen LogP contribution in [0.1, 0.15) is 121 Å². The van der Waals surface area contributed by atoms with Gasteiger partial charge in [0.25, 0.3) is 17.7 Å². The monoisotopic (exact) mass is 1820 g/mol. The second-order valence-electron chi connectivity index (χ2n) is 30.8. The molecule has 40 nitrogen and oxygen atoms in total. The van der Waals surface area contributed by atoms with Crippen LogP contribution in [0.25, 0.3) is 11.1 Å². The highest BCUT2D eigenvalue weighted by molar-refractivity contribution is 6.35. The van der Waals surface area contributed by atoms with E-state index in [-0.39, 0.29) is 52.0 Å². The van der Waals surface area contributed by atoms with Gasteiger partial charge >= 0.3 is 0 Å². The summed E-state index contributed by atoms with van der Waals surface area (Å²) in [6.45, 7) is 4.60. The van der Waals surface area contributed by atoms with Gasteiger partial charge in [-0.3, -0.25) is 63.1 Å². The molecule has 126 heavy (non-hydrogen) atoms. The summed E-state index contributed by atoms with van der Waals surface area (Å²) in [5.41, 5.74) is 4.01. The van der Waals surface area contributed by atoms with Crippen LogP contribution in [0.4, 0.5) is 5.69 Å². The molecule has 7 aliphatic rings. The number of anilines is 1. The lowest BCUT2D eigenvalue weighted by Crippen LogP contribution is -2.65. The van der Waals surface area contributed by atoms with E-state index in [1.807, 2.05) is 5.48 Å². The maximum Gasteiger partial charge on any atom is 0.270 e. The predicted molar refractivity (Wildman–Crippen MR) is 441 cm³/mol. The zero-order valence-electron chi connectivity index (χ0n) is 67.1. The van der Waals surface area contributed by atoms with Crippen molar-refractivity contribution in [2.75, 3.05) is 25.6 Å². The fourth-order valence-corrected chi connectivity index (χ4v) is 15.8. The molecule has 2 saturated heterocycles. The minimum Gasteiger partial charge on any atom is -0.508 e. The Morgan fingerprint density at radius 1 is 0.714 bits per heavy atom. The van der Waals surface area contributed by atoms with Crippen molar-refractivity contribution in [3.63, 3.8) is 0 Å². The number of aromatic hydroxyl groups is 3. The van der Waals surface area contributed by atoms with Crippen molar-refractivity contribution in [1.82, 2.24) is 58.3 Å². The van der Waals surface area contributed by atoms with E-state index in [0.717, 1.165) is 66.7 Å². The molecular weight excluding hydrogens is 1740 g/mol. The molecule has 18 atom stereocenters. The normalized spacial score (nSPS) is 25.7. The number of ether oxygens (including phenoxy) is 6. The molecule has 0 saturated carbocycles. The fraction of sp³-hybridized carbons (Fsp3) is 0.366. The number of halogens is 4. The first-order valence-electron chi connectivity index (χ1n) is 38.8. The van der Waals surface area contributed by atoms with Crippen LogP contribution in [-0.4, -0.2) is 209 Å². The molecular formula is C82H86Cl4N14O26. The van der Waals surface area contributed by atoms with Crippen molar-refractivity contribution in [2.45, 2.75) is 163 Å². The van der Waals surface area contributed by atoms with Gasteiger partial charge in [0.15, 0.2) is 36.7 Å². The summed E-state index contributed by atoms with van der Waals surface area (Å²) in [5, 5.41) is 141. The molecule has 7 aliphatic heterocycles. The SMILES string of the molecule is CNC(CC(C)C)C(=O)NC1C(=O)NC(CC(N)=O)C(=O)NC2C(=O)NC3C(=O)NC(C(=O)NC(C(=O)NOCC(=O)NC#N)c4cc(O)cc(O)c4-c4cc3ccc4O)C(O)c3ccc(c(Cl)c3)Oc3cc2cc(c3OC2OC(CO)C(O)C(O)C2OC2CC(C)(NCc3cncc(C(=O)Nc4cc(Cl)cc(Cl)c4)c3)C(O)C(C)O2)Oc2ccc(cc2Cl)C1O. The molecule has 0 spiro atoms. The number of pyridine rings is 1. The number of amides is 10. The molecule has 10 amide bonds. The van der Waals surface area contributed by atoms with Crippen LogP contribution in [0, 0.1) is 17.4 Å². The van der Waals surface area contributed by atoms with E-state index in [4.69, 9.17) is 90.7 Å². The number of aliphatic hydroxyl groups excluding tert-OH is 6. The first-order chi connectivity index (χ1) is 59.8. The number of benzene rings is 6. The number of nitriles is 1. The fourth-order valence-electron chi connectivity index (χ4n) is 14.8. The molecule has 18 unspecified atom stereocenters. The number of fused-ring (bicyclic) bond motifs is 15. The van der Waals surface area contributed by atoms with Gasteiger partial charge in [-0.05, 0) is 145 Å². The van der Waals surface area contributed by atoms with Crippen LogP contribution in [0.3, 0.4) is 0 Å². The molecule has 11 bridgehead atoms. The summed E-state index contributed by atoms with van der Waals surface area (Å²) in [4.78, 5) is 155. The van der Waals surface area contributed by atoms with Crippen molar-refractivity contribution in [3.05, 3.63) is 175 Å². The number of hydrogen-bond acceptors (Lipinski definition) is 30. The Kier molecular flexibility index (Phi) is 29.4. The smallest absolute Gasteiger partial charge is 0.270 e. The first-order valence-corrected chi connectivity index (χ1v) is 40.3. The van der Waals surface area contributed by atoms with Crippen LogP contribution >= 0.6 is 46.4 Å². The number of nitrogens with one attached hydrogen (secondary N) is 11. The lowest BCUT2D eigenvalue weighted by Gasteiger charge is -2.48. The number of phenolic OH excluding ortho intramolecular Hbond substituents is 3. The highest BCUT2D eigenvalue weighted by atomic mass is 35.5. The molecule has 14 rings (SSSR count). The number of primary amides is 1. The Morgan fingerprint density at radius 2 is 1.36 bits per heavy atom. The number of carbonyl (C=O) groups excluding carboxylic acids is 10. The van der Waals surface area contributed by atoms with Crippen LogP contribution in [0.5, 0.6) is 46.0 Å². The third kappa shape index (κ3) is 21.3. The standard InChI is InChI=1S/C82H86Cl4N14O26/c1-32(2)12-48(89-5)74(113)98-64-66(107)36-7-10-52(46(85)15-36)122-54-17-38-18-55(70(54)126-81-71(69(110)68(109)56(29-101)124-81)125-59-25-82(4,72(111)33(3)121-59)92-27-34-13-39(28-90-26-34)73(112)93-42-20-40(83)19-41(84)21-42)123-53-11-8-37(16-47(53)86)67(108)65-79(118)97-63(80(119)100-120-30-58(106)91-31-87)45-22-43(102)23-51(104)60(45)44-14-35(6-9-50(44)103)61(76(115)99-65)96-77(116)62(38)95-75(114)49(24-57(88)105)94-78(64)117/h6-11,13-23,26,28,32-33,48-49,56,59,61-69,71-72,81,89,92,101-104,107-111H,12,24-25,27,29-30H2,1-5H3,(H2,88,105)(H,91,106)(H,93,112)(H,94,117)(H,95,114)(H,96,116)(H,97,118)(H,98,113)(H,99,115)(H,100,119). The number of aliphatic hydroxyl groups is 6. The number of carbonyl (C=O) groups is 10. The van der Waals surface area contributed by atoms with Crippen molar-refractivity contribution in [1.29, 1.82) is 5.26 Å². The minimum atomic E-state index is -2.43. The average molecular weight is 1830 g/mol. The van der Waals surface area contributed by atoms with Crippen LogP contribution in [-0.2, 0) is 68.7 Å². The molecule has 0 radical (unpaired) electrons. The van der Waals surface area contributed by atoms with Gasteiger partial charge < -0.3 is 128 Å². The van der Waals surface area contributed by atoms with Gasteiger partial charge in [0, 0.05) is 63.8 Å². The average Bonchev–Trinajstić information content (AvgIpc) is 0.764. The number of phenols is 3. The summed E-state index contributed by atoms with van der Waals surface area (Å²) in [6.07, 6.45) is -15.6. The summed E-state index contributed by atoms with van der Waals surface area (Å²) in [5.74, 6) is -18.0. The maximum atomic E-state index is 16.4. The van der Waals surface area contributed by atoms with E-state index in [2.05, 4.69) is 52.8 Å². The number of hydroxylamine groups is 1. The van der Waals surface area contributed by atoms with Crippen LogP contribution in [0.15, 0.2) is 116 Å². The first kappa shape index (κ1) is 93.3. The Labute approximate surface area is 735 Å². The Hall–Kier alpha value is -11.9. The zero-order chi connectivity index (χ0) is 91.2. The maximum absolute atomic E-state index is 16.4. The van der Waals surface area contributed by atoms with Crippen molar-refractivity contribution >= 4 is 111 Å². The van der Waals surface area contributed by atoms with Crippen molar-refractivity contribution < 1.29 is 127 Å². The van der Waals surface area contributed by atoms with Gasteiger partial charge in [-0.1, -0.05) is 78.5 Å². The largest absolute Gasteiger partial charge is 0.508 e. The quantitative estimate of drug-likeness (QED) is 0.0279. The predicted octanol–water partition coefficient (Wildman–Crippen LogP) is 2.45. The van der Waals surface area contributed by atoms with E-state index >= 15 is 24.0 Å². The Bertz CT molecular complexity index is 5420. The second-order valence-corrected chi connectivity index (χ2v) is 32.4. The number of likely N-dealkylation sites (N-methyl/N-ethyl adjacent to an activating group) is 1. The molecule has 8 heterocycles. The number of hydrogen-bond donors (Lipinski definition) is 21. The molecule has 668 valence electrons. The van der Waals surface area contributed by atoms with E-state index < -0.39 is 272 Å². The van der Waals surface area contributed by atoms with E-state index in [1.165, 1.54) is 69.0 Å². The number of aromatic nitrogens is 1. The van der Waals surface area contributed by atoms with Crippen molar-refractivity contribution in [3.8, 4) is 63.3 Å². The van der Waals surface area contributed by atoms with Gasteiger partial charge in [-0.2, -0.15) is 5.26 Å². The molecule has 2 fully saturated rings. The summed E-state index contributed by atoms with van der Waals surface area (Å²) < 4.78 is 39.5. The van der Waals surface area contributed by atoms with Crippen molar-refractivity contribution in [2.24, 2.45) is 11.7 Å². The lowest BCUT2D eigenvalue weighted by molar-refractivity contribution is -0.334. The van der Waals surface area contributed by atoms with Gasteiger partial charge in [0.2, 0.25) is 53.4 Å². The van der Waals surface area contributed by atoms with Gasteiger partial charge in [0.1, 0.15) is 95.5 Å². The summed E-state index contributed by atoms with van der Waals surface area (Å²) in [7, 11) is 1.46. The molecule has 1 aromatic heterocycles. The molecule has 22 N–H and O–H groups in total. The van der Waals surface area contributed by atoms with Gasteiger partial charge in [-0.15, -0.1) is 0 Å². The second kappa shape index (κ2) is 39.8. The topological polar surface area (TPSA) is 612 Å². The van der Waals surface area contributed by atoms with Gasteiger partial charge in [0.05, 0.1) is 46.9 Å². The van der Waals surface area contributed by atoms with Gasteiger partial charge in [-0.25, -0.2) is 5.48 Å². The zero-order valence-corrected chi connectivity index (χ0v) is 70.1. The van der Waals surface area contributed by atoms with E-state index in [1.54, 1.807) is 26.1 Å². The summed E-state index contributed by atoms with van der Waals surface area (Å²) in [6, 6.07) is 4.62. The molecule has 7 aromatic rings. The minimum absolute atomic E-state index is 0.0621. The number of rotatable bonds is 21. The third-order valence-electron chi connectivity index (χ3n) is 21.2. The van der Waals surface area contributed by atoms with Crippen LogP contribution < -0.4 is 78.6 Å². The lowest BCUT2D eigenvalue weighted by atomic mass is 9.84.